The first-order valence-corrected chi connectivity index (χ1v) is 10.8. The first-order chi connectivity index (χ1) is 12.6. The van der Waals surface area contributed by atoms with Gasteiger partial charge in [-0.3, -0.25) is 4.79 Å². The summed E-state index contributed by atoms with van der Waals surface area (Å²) in [6, 6.07) is 10.7. The van der Waals surface area contributed by atoms with E-state index in [0.29, 0.717) is 50.6 Å². The van der Waals surface area contributed by atoms with Crippen LogP contribution < -0.4 is 5.32 Å². The summed E-state index contributed by atoms with van der Waals surface area (Å²) in [5.74, 6) is -0.000958. The van der Waals surface area contributed by atoms with Crippen molar-refractivity contribution in [3.63, 3.8) is 0 Å². The molecule has 0 saturated carbocycles. The van der Waals surface area contributed by atoms with E-state index in [4.69, 9.17) is 4.74 Å². The predicted molar refractivity (Wildman–Crippen MR) is 101 cm³/mol. The lowest BCUT2D eigenvalue weighted by molar-refractivity contribution is -0.120. The third kappa shape index (κ3) is 4.91. The summed E-state index contributed by atoms with van der Waals surface area (Å²) >= 11 is 1.57. The standard InChI is InChI=1S/C18H22N2O4S2/c21-18(14-16-2-1-13-25-16)19-8-7-15-3-5-17(6-4-15)26(22,23)20-9-11-24-12-10-20/h1-6,13H,7-12,14H2,(H,19,21). The molecule has 2 heterocycles. The van der Waals surface area contributed by atoms with Crippen molar-refractivity contribution in [2.75, 3.05) is 32.8 Å². The molecule has 1 aromatic carbocycles. The summed E-state index contributed by atoms with van der Waals surface area (Å²) in [5.41, 5.74) is 0.988. The Bertz CT molecular complexity index is 811. The summed E-state index contributed by atoms with van der Waals surface area (Å²) in [6.45, 7) is 2.17. The zero-order valence-corrected chi connectivity index (χ0v) is 16.0. The molecule has 1 aromatic heterocycles. The molecular weight excluding hydrogens is 372 g/mol. The minimum atomic E-state index is -3.46. The lowest BCUT2D eigenvalue weighted by Gasteiger charge is -2.26. The fourth-order valence-corrected chi connectivity index (χ4v) is 4.86. The van der Waals surface area contributed by atoms with Gasteiger partial charge in [-0.25, -0.2) is 8.42 Å². The van der Waals surface area contributed by atoms with Crippen LogP contribution >= 0.6 is 11.3 Å². The van der Waals surface area contributed by atoms with Gasteiger partial charge in [0.25, 0.3) is 0 Å². The van der Waals surface area contributed by atoms with Gasteiger partial charge in [-0.15, -0.1) is 11.3 Å². The molecule has 0 atom stereocenters. The number of hydrogen-bond acceptors (Lipinski definition) is 5. The number of carbonyl (C=O) groups excluding carboxylic acids is 1. The lowest BCUT2D eigenvalue weighted by Crippen LogP contribution is -2.40. The van der Waals surface area contributed by atoms with Crippen molar-refractivity contribution >= 4 is 27.3 Å². The molecule has 6 nitrogen and oxygen atoms in total. The molecule has 1 aliphatic rings. The van der Waals surface area contributed by atoms with E-state index in [-0.39, 0.29) is 5.91 Å². The van der Waals surface area contributed by atoms with Crippen LogP contribution in [0.3, 0.4) is 0 Å². The van der Waals surface area contributed by atoms with Gasteiger partial charge in [-0.1, -0.05) is 18.2 Å². The molecule has 8 heteroatoms. The molecule has 1 N–H and O–H groups in total. The molecule has 1 fully saturated rings. The maximum Gasteiger partial charge on any atom is 0.243 e. The maximum atomic E-state index is 12.6. The highest BCUT2D eigenvalue weighted by Gasteiger charge is 2.25. The highest BCUT2D eigenvalue weighted by Crippen LogP contribution is 2.17. The smallest absolute Gasteiger partial charge is 0.243 e. The molecule has 2 aromatic rings. The molecule has 0 spiro atoms. The Hall–Kier alpha value is -1.74. The number of nitrogens with one attached hydrogen (secondary N) is 1. The number of benzene rings is 1. The minimum Gasteiger partial charge on any atom is -0.379 e. The first kappa shape index (κ1) is 19.0. The van der Waals surface area contributed by atoms with Crippen LogP contribution in [0.2, 0.25) is 0 Å². The average Bonchev–Trinajstić information content (AvgIpc) is 3.16. The Morgan fingerprint density at radius 3 is 2.54 bits per heavy atom. The van der Waals surface area contributed by atoms with Gasteiger partial charge in [0, 0.05) is 24.5 Å². The largest absolute Gasteiger partial charge is 0.379 e. The molecule has 1 saturated heterocycles. The number of hydrogen-bond donors (Lipinski definition) is 1. The van der Waals surface area contributed by atoms with Crippen LogP contribution in [0.1, 0.15) is 10.4 Å². The lowest BCUT2D eigenvalue weighted by atomic mass is 10.1. The van der Waals surface area contributed by atoms with E-state index in [1.54, 1.807) is 35.6 Å². The van der Waals surface area contributed by atoms with Crippen molar-refractivity contribution in [1.82, 2.24) is 9.62 Å². The quantitative estimate of drug-likeness (QED) is 0.775. The normalized spacial score (nSPS) is 15.7. The first-order valence-electron chi connectivity index (χ1n) is 8.51. The number of sulfonamides is 1. The highest BCUT2D eigenvalue weighted by molar-refractivity contribution is 7.89. The van der Waals surface area contributed by atoms with Crippen molar-refractivity contribution in [3.8, 4) is 0 Å². The summed E-state index contributed by atoms with van der Waals surface area (Å²) in [5, 5.41) is 4.85. The molecule has 3 rings (SSSR count). The number of amides is 1. The van der Waals surface area contributed by atoms with Crippen LogP contribution in [0.15, 0.2) is 46.7 Å². The highest BCUT2D eigenvalue weighted by atomic mass is 32.2. The second kappa shape index (κ2) is 8.77. The number of thiophene rings is 1. The molecular formula is C18H22N2O4S2. The van der Waals surface area contributed by atoms with Crippen LogP contribution in [0, 0.1) is 0 Å². The second-order valence-corrected chi connectivity index (χ2v) is 8.99. The van der Waals surface area contributed by atoms with Crippen LogP contribution in [0.4, 0.5) is 0 Å². The van der Waals surface area contributed by atoms with Crippen molar-refractivity contribution < 1.29 is 17.9 Å². The van der Waals surface area contributed by atoms with Gasteiger partial charge >= 0.3 is 0 Å². The van der Waals surface area contributed by atoms with E-state index in [0.717, 1.165) is 10.4 Å². The maximum absolute atomic E-state index is 12.6. The number of nitrogens with zero attached hydrogens (tertiary/aromatic N) is 1. The number of carbonyl (C=O) groups is 1. The molecule has 0 unspecified atom stereocenters. The van der Waals surface area contributed by atoms with Gasteiger partial charge in [0.05, 0.1) is 24.5 Å². The molecule has 0 bridgehead atoms. The summed E-state index contributed by atoms with van der Waals surface area (Å²) in [6.07, 6.45) is 1.06. The minimum absolute atomic E-state index is 0.000958. The van der Waals surface area contributed by atoms with Crippen molar-refractivity contribution in [3.05, 3.63) is 52.2 Å². The van der Waals surface area contributed by atoms with Crippen LogP contribution in [-0.2, 0) is 32.4 Å². The van der Waals surface area contributed by atoms with E-state index in [2.05, 4.69) is 5.32 Å². The molecule has 0 radical (unpaired) electrons. The molecule has 1 amide bonds. The van der Waals surface area contributed by atoms with Crippen molar-refractivity contribution in [2.24, 2.45) is 0 Å². The zero-order chi connectivity index (χ0) is 18.4. The van der Waals surface area contributed by atoms with Gasteiger partial charge in [0.15, 0.2) is 0 Å². The Morgan fingerprint density at radius 1 is 1.15 bits per heavy atom. The predicted octanol–water partition coefficient (Wildman–Crippen LogP) is 1.67. The monoisotopic (exact) mass is 394 g/mol. The van der Waals surface area contributed by atoms with Gasteiger partial charge in [0.2, 0.25) is 15.9 Å². The van der Waals surface area contributed by atoms with Crippen LogP contribution in [0.25, 0.3) is 0 Å². The topological polar surface area (TPSA) is 75.7 Å². The fourth-order valence-electron chi connectivity index (χ4n) is 2.74. The zero-order valence-electron chi connectivity index (χ0n) is 14.4. The summed E-state index contributed by atoms with van der Waals surface area (Å²) < 4.78 is 31.8. The van der Waals surface area contributed by atoms with E-state index in [1.807, 2.05) is 17.5 Å². The van der Waals surface area contributed by atoms with Crippen molar-refractivity contribution in [1.29, 1.82) is 0 Å². The van der Waals surface area contributed by atoms with Crippen LogP contribution in [0.5, 0.6) is 0 Å². The Morgan fingerprint density at radius 2 is 1.88 bits per heavy atom. The number of morpholine rings is 1. The Balaban J connectivity index is 1.50. The summed E-state index contributed by atoms with van der Waals surface area (Å²) in [4.78, 5) is 13.2. The Kier molecular flexibility index (Phi) is 6.42. The fraction of sp³-hybridized carbons (Fsp3) is 0.389. The molecule has 26 heavy (non-hydrogen) atoms. The van der Waals surface area contributed by atoms with E-state index in [1.165, 1.54) is 4.31 Å². The SMILES string of the molecule is O=C(Cc1cccs1)NCCc1ccc(S(=O)(=O)N2CCOCC2)cc1. The van der Waals surface area contributed by atoms with Crippen LogP contribution in [-0.4, -0.2) is 51.5 Å². The Labute approximate surface area is 157 Å². The molecule has 1 aliphatic heterocycles. The van der Waals surface area contributed by atoms with E-state index < -0.39 is 10.0 Å². The number of rotatable bonds is 7. The van der Waals surface area contributed by atoms with Gasteiger partial charge in [-0.05, 0) is 35.6 Å². The third-order valence-corrected chi connectivity index (χ3v) is 6.97. The van der Waals surface area contributed by atoms with E-state index in [9.17, 15) is 13.2 Å². The van der Waals surface area contributed by atoms with Crippen molar-refractivity contribution in [2.45, 2.75) is 17.7 Å². The van der Waals surface area contributed by atoms with E-state index >= 15 is 0 Å². The molecule has 140 valence electrons. The third-order valence-electron chi connectivity index (χ3n) is 4.18. The molecule has 0 aliphatic carbocycles. The van der Waals surface area contributed by atoms with Gasteiger partial charge < -0.3 is 10.1 Å². The van der Waals surface area contributed by atoms with Gasteiger partial charge in [0.1, 0.15) is 0 Å². The number of ether oxygens (including phenoxy) is 1. The van der Waals surface area contributed by atoms with Gasteiger partial charge in [-0.2, -0.15) is 4.31 Å². The summed E-state index contributed by atoms with van der Waals surface area (Å²) in [7, 11) is -3.46. The second-order valence-electron chi connectivity index (χ2n) is 6.02. The average molecular weight is 395 g/mol.